The predicted octanol–water partition coefficient (Wildman–Crippen LogP) is 3.86. The van der Waals surface area contributed by atoms with Crippen molar-refractivity contribution < 1.29 is 9.90 Å². The monoisotopic (exact) mass is 289 g/mol. The Morgan fingerprint density at radius 3 is 2.43 bits per heavy atom. The van der Waals surface area contributed by atoms with E-state index in [2.05, 4.69) is 30.3 Å². The van der Waals surface area contributed by atoms with Crippen LogP contribution in [0.4, 0.5) is 0 Å². The van der Waals surface area contributed by atoms with E-state index in [1.165, 1.54) is 24.8 Å². The van der Waals surface area contributed by atoms with E-state index in [4.69, 9.17) is 10.8 Å². The summed E-state index contributed by atoms with van der Waals surface area (Å²) in [7, 11) is 0. The van der Waals surface area contributed by atoms with E-state index >= 15 is 0 Å². The van der Waals surface area contributed by atoms with Crippen LogP contribution in [0, 0.1) is 0 Å². The van der Waals surface area contributed by atoms with Crippen molar-refractivity contribution in [3.05, 3.63) is 35.9 Å². The van der Waals surface area contributed by atoms with Gasteiger partial charge >= 0.3 is 5.97 Å². The minimum absolute atomic E-state index is 0.0999. The van der Waals surface area contributed by atoms with Gasteiger partial charge in [-0.05, 0) is 31.2 Å². The molecule has 1 aliphatic carbocycles. The minimum Gasteiger partial charge on any atom is -0.481 e. The predicted molar refractivity (Wildman–Crippen MR) is 85.3 cm³/mol. The highest BCUT2D eigenvalue weighted by Gasteiger charge is 2.38. The van der Waals surface area contributed by atoms with Gasteiger partial charge in [0.25, 0.3) is 0 Å². The van der Waals surface area contributed by atoms with Crippen LogP contribution in [-0.4, -0.2) is 17.1 Å². The lowest BCUT2D eigenvalue weighted by Crippen LogP contribution is -2.46. The largest absolute Gasteiger partial charge is 0.481 e. The van der Waals surface area contributed by atoms with E-state index in [0.29, 0.717) is 0 Å². The van der Waals surface area contributed by atoms with Gasteiger partial charge in [-0.1, -0.05) is 56.0 Å². The number of benzene rings is 1. The van der Waals surface area contributed by atoms with Crippen LogP contribution in [0.5, 0.6) is 0 Å². The molecule has 1 aromatic rings. The fourth-order valence-corrected chi connectivity index (χ4v) is 3.74. The molecule has 0 heterocycles. The minimum atomic E-state index is -0.709. The molecular formula is C18H27NO2. The summed E-state index contributed by atoms with van der Waals surface area (Å²) in [5.74, 6) is -0.709. The molecule has 0 radical (unpaired) electrons. The Bertz CT molecular complexity index is 438. The Morgan fingerprint density at radius 1 is 1.14 bits per heavy atom. The van der Waals surface area contributed by atoms with E-state index in [-0.39, 0.29) is 17.9 Å². The molecule has 1 unspecified atom stereocenters. The van der Waals surface area contributed by atoms with Gasteiger partial charge in [0.1, 0.15) is 0 Å². The molecule has 0 amide bonds. The number of carboxylic acid groups (broad SMARTS) is 1. The van der Waals surface area contributed by atoms with Crippen LogP contribution >= 0.6 is 0 Å². The molecular weight excluding hydrogens is 262 g/mol. The number of hydrogen-bond acceptors (Lipinski definition) is 2. The normalized spacial score (nSPS) is 19.1. The molecule has 1 atom stereocenters. The van der Waals surface area contributed by atoms with Gasteiger partial charge in [-0.25, -0.2) is 0 Å². The van der Waals surface area contributed by atoms with Gasteiger partial charge in [0.05, 0.1) is 0 Å². The molecule has 3 nitrogen and oxygen atoms in total. The molecule has 3 heteroatoms. The van der Waals surface area contributed by atoms with E-state index in [9.17, 15) is 4.79 Å². The van der Waals surface area contributed by atoms with Gasteiger partial charge in [-0.3, -0.25) is 4.79 Å². The standard InChI is InChI=1S/C18H27NO2/c19-16(11-5-6-12-17(20)21)18(13-7-2-8-14-18)15-9-3-1-4-10-15/h1,3-4,9-10,16H,2,5-8,11-14,19H2,(H,20,21). The van der Waals surface area contributed by atoms with Crippen LogP contribution in [0.25, 0.3) is 0 Å². The highest BCUT2D eigenvalue weighted by Crippen LogP contribution is 2.42. The quantitative estimate of drug-likeness (QED) is 0.749. The molecule has 1 aliphatic rings. The average molecular weight is 289 g/mol. The van der Waals surface area contributed by atoms with E-state index in [0.717, 1.165) is 32.1 Å². The molecule has 0 aromatic heterocycles. The second kappa shape index (κ2) is 7.60. The Hall–Kier alpha value is -1.35. The van der Waals surface area contributed by atoms with E-state index in [1.54, 1.807) is 0 Å². The summed E-state index contributed by atoms with van der Waals surface area (Å²) in [5, 5.41) is 8.72. The zero-order chi connectivity index (χ0) is 15.1. The number of hydrogen-bond donors (Lipinski definition) is 2. The third-order valence-electron chi connectivity index (χ3n) is 4.96. The molecule has 1 saturated carbocycles. The van der Waals surface area contributed by atoms with Gasteiger partial charge in [0.2, 0.25) is 0 Å². The molecule has 0 spiro atoms. The fraction of sp³-hybridized carbons (Fsp3) is 0.611. The highest BCUT2D eigenvalue weighted by molar-refractivity contribution is 5.66. The summed E-state index contributed by atoms with van der Waals surface area (Å²) in [6.07, 6.45) is 8.94. The fourth-order valence-electron chi connectivity index (χ4n) is 3.74. The molecule has 2 rings (SSSR count). The molecule has 3 N–H and O–H groups in total. The van der Waals surface area contributed by atoms with Gasteiger partial charge < -0.3 is 10.8 Å². The molecule has 0 saturated heterocycles. The third-order valence-corrected chi connectivity index (χ3v) is 4.96. The summed E-state index contributed by atoms with van der Waals surface area (Å²) < 4.78 is 0. The maximum atomic E-state index is 10.6. The van der Waals surface area contributed by atoms with Crippen molar-refractivity contribution in [3.8, 4) is 0 Å². The number of carboxylic acids is 1. The van der Waals surface area contributed by atoms with Crippen LogP contribution in [0.15, 0.2) is 30.3 Å². The van der Waals surface area contributed by atoms with Crippen LogP contribution in [0.1, 0.15) is 63.4 Å². The van der Waals surface area contributed by atoms with Crippen LogP contribution < -0.4 is 5.73 Å². The Balaban J connectivity index is 2.03. The third kappa shape index (κ3) is 4.07. The van der Waals surface area contributed by atoms with Gasteiger partial charge in [-0.15, -0.1) is 0 Å². The van der Waals surface area contributed by atoms with Gasteiger partial charge in [0, 0.05) is 17.9 Å². The van der Waals surface area contributed by atoms with Gasteiger partial charge in [-0.2, -0.15) is 0 Å². The Morgan fingerprint density at radius 2 is 1.81 bits per heavy atom. The summed E-state index contributed by atoms with van der Waals surface area (Å²) >= 11 is 0. The number of nitrogens with two attached hydrogens (primary N) is 1. The number of unbranched alkanes of at least 4 members (excludes halogenated alkanes) is 1. The first-order chi connectivity index (χ1) is 10.1. The first kappa shape index (κ1) is 16.0. The molecule has 21 heavy (non-hydrogen) atoms. The van der Waals surface area contributed by atoms with Crippen molar-refractivity contribution in [2.75, 3.05) is 0 Å². The highest BCUT2D eigenvalue weighted by atomic mass is 16.4. The average Bonchev–Trinajstić information content (AvgIpc) is 2.52. The molecule has 1 fully saturated rings. The summed E-state index contributed by atoms with van der Waals surface area (Å²) in [5.41, 5.74) is 8.06. The molecule has 0 aliphatic heterocycles. The van der Waals surface area contributed by atoms with Crippen LogP contribution in [-0.2, 0) is 10.2 Å². The second-order valence-electron chi connectivity index (χ2n) is 6.33. The zero-order valence-electron chi connectivity index (χ0n) is 12.8. The maximum Gasteiger partial charge on any atom is 0.303 e. The van der Waals surface area contributed by atoms with Crippen molar-refractivity contribution in [3.63, 3.8) is 0 Å². The first-order valence-electron chi connectivity index (χ1n) is 8.18. The smallest absolute Gasteiger partial charge is 0.303 e. The lowest BCUT2D eigenvalue weighted by atomic mass is 9.64. The van der Waals surface area contributed by atoms with Crippen molar-refractivity contribution in [2.24, 2.45) is 5.73 Å². The van der Waals surface area contributed by atoms with Gasteiger partial charge in [0.15, 0.2) is 0 Å². The van der Waals surface area contributed by atoms with Crippen molar-refractivity contribution in [1.82, 2.24) is 0 Å². The van der Waals surface area contributed by atoms with Crippen molar-refractivity contribution in [1.29, 1.82) is 0 Å². The van der Waals surface area contributed by atoms with Crippen molar-refractivity contribution in [2.45, 2.75) is 69.2 Å². The Labute approximate surface area is 127 Å². The van der Waals surface area contributed by atoms with E-state index in [1.807, 2.05) is 0 Å². The maximum absolute atomic E-state index is 10.6. The summed E-state index contributed by atoms with van der Waals surface area (Å²) in [4.78, 5) is 10.6. The lowest BCUT2D eigenvalue weighted by molar-refractivity contribution is -0.137. The first-order valence-corrected chi connectivity index (χ1v) is 8.18. The Kier molecular flexibility index (Phi) is 5.80. The molecule has 116 valence electrons. The lowest BCUT2D eigenvalue weighted by Gasteiger charge is -2.43. The number of aliphatic carboxylic acids is 1. The SMILES string of the molecule is NC(CCCCC(=O)O)C1(c2ccccc2)CCCCC1. The molecule has 1 aromatic carbocycles. The second-order valence-corrected chi connectivity index (χ2v) is 6.33. The van der Waals surface area contributed by atoms with E-state index < -0.39 is 5.97 Å². The summed E-state index contributed by atoms with van der Waals surface area (Å²) in [6.45, 7) is 0. The molecule has 0 bridgehead atoms. The van der Waals surface area contributed by atoms with Crippen molar-refractivity contribution >= 4 is 5.97 Å². The summed E-state index contributed by atoms with van der Waals surface area (Å²) in [6, 6.07) is 10.8. The van der Waals surface area contributed by atoms with Crippen LogP contribution in [0.3, 0.4) is 0 Å². The topological polar surface area (TPSA) is 63.3 Å². The number of carbonyl (C=O) groups is 1. The van der Waals surface area contributed by atoms with Crippen LogP contribution in [0.2, 0.25) is 0 Å². The zero-order valence-corrected chi connectivity index (χ0v) is 12.8. The number of rotatable bonds is 7.